The van der Waals surface area contributed by atoms with Crippen molar-refractivity contribution >= 4 is 32.7 Å². The zero-order valence-corrected chi connectivity index (χ0v) is 10.6. The molecule has 0 heterocycles. The molecule has 0 aromatic heterocycles. The van der Waals surface area contributed by atoms with Crippen LogP contribution in [-0.4, -0.2) is 17.7 Å². The number of fused-ring (bicyclic) bond motifs is 1. The Morgan fingerprint density at radius 3 is 2.76 bits per heavy atom. The molecule has 17 heavy (non-hydrogen) atoms. The maximum Gasteiger partial charge on any atom is 0.306 e. The molecule has 0 fully saturated rings. The third kappa shape index (κ3) is 2.77. The average Bonchev–Trinajstić information content (AvgIpc) is 2.32. The first-order chi connectivity index (χ1) is 8.18. The molecule has 4 heteroatoms. The second kappa shape index (κ2) is 5.19. The van der Waals surface area contributed by atoms with E-state index in [1.807, 2.05) is 36.4 Å². The van der Waals surface area contributed by atoms with Gasteiger partial charge in [-0.1, -0.05) is 30.3 Å². The van der Waals surface area contributed by atoms with Crippen molar-refractivity contribution in [2.24, 2.45) is 0 Å². The summed E-state index contributed by atoms with van der Waals surface area (Å²) >= 11 is 3.48. The molecule has 0 bridgehead atoms. The molecule has 0 radical (unpaired) electrons. The van der Waals surface area contributed by atoms with Crippen LogP contribution in [0.25, 0.3) is 10.8 Å². The highest BCUT2D eigenvalue weighted by Crippen LogP contribution is 2.32. The number of aliphatic carboxylic acids is 1. The van der Waals surface area contributed by atoms with Gasteiger partial charge < -0.3 is 9.84 Å². The summed E-state index contributed by atoms with van der Waals surface area (Å²) in [4.78, 5) is 10.4. The van der Waals surface area contributed by atoms with Crippen LogP contribution in [0.4, 0.5) is 0 Å². The molecule has 0 spiro atoms. The van der Waals surface area contributed by atoms with Gasteiger partial charge in [0, 0.05) is 0 Å². The van der Waals surface area contributed by atoms with Crippen LogP contribution in [0.5, 0.6) is 5.75 Å². The first-order valence-corrected chi connectivity index (χ1v) is 5.99. The summed E-state index contributed by atoms with van der Waals surface area (Å²) in [7, 11) is 0. The van der Waals surface area contributed by atoms with Gasteiger partial charge in [0.15, 0.2) is 0 Å². The second-order valence-corrected chi connectivity index (χ2v) is 4.38. The maximum atomic E-state index is 10.4. The van der Waals surface area contributed by atoms with Gasteiger partial charge in [0.05, 0.1) is 17.5 Å². The Kier molecular flexibility index (Phi) is 3.64. The standard InChI is InChI=1S/C13H11BrO3/c14-13-10-4-2-1-3-9(10)5-6-11(13)17-8-7-12(15)16/h1-6H,7-8H2,(H,15,16). The summed E-state index contributed by atoms with van der Waals surface area (Å²) in [5.41, 5.74) is 0. The van der Waals surface area contributed by atoms with Crippen LogP contribution in [0.1, 0.15) is 6.42 Å². The number of halogens is 1. The van der Waals surface area contributed by atoms with Gasteiger partial charge in [-0.05, 0) is 32.8 Å². The minimum atomic E-state index is -0.859. The van der Waals surface area contributed by atoms with E-state index in [0.29, 0.717) is 5.75 Å². The van der Waals surface area contributed by atoms with Gasteiger partial charge in [-0.15, -0.1) is 0 Å². The lowest BCUT2D eigenvalue weighted by atomic mass is 10.1. The maximum absolute atomic E-state index is 10.4. The van der Waals surface area contributed by atoms with E-state index >= 15 is 0 Å². The third-order valence-electron chi connectivity index (χ3n) is 2.40. The van der Waals surface area contributed by atoms with Crippen molar-refractivity contribution in [3.05, 3.63) is 40.9 Å². The fraction of sp³-hybridized carbons (Fsp3) is 0.154. The number of hydrogen-bond donors (Lipinski definition) is 1. The highest BCUT2D eigenvalue weighted by molar-refractivity contribution is 9.10. The van der Waals surface area contributed by atoms with Gasteiger partial charge in [0.1, 0.15) is 5.75 Å². The average molecular weight is 295 g/mol. The quantitative estimate of drug-likeness (QED) is 0.939. The zero-order valence-electron chi connectivity index (χ0n) is 9.02. The SMILES string of the molecule is O=C(O)CCOc1ccc2ccccc2c1Br. The van der Waals surface area contributed by atoms with Crippen molar-refractivity contribution in [3.8, 4) is 5.75 Å². The molecular formula is C13H11BrO3. The second-order valence-electron chi connectivity index (χ2n) is 3.59. The number of carboxylic acid groups (broad SMARTS) is 1. The molecule has 0 amide bonds. The van der Waals surface area contributed by atoms with Crippen molar-refractivity contribution in [3.63, 3.8) is 0 Å². The number of benzene rings is 2. The summed E-state index contributed by atoms with van der Waals surface area (Å²) < 4.78 is 6.29. The van der Waals surface area contributed by atoms with Gasteiger partial charge in [-0.2, -0.15) is 0 Å². The number of hydrogen-bond acceptors (Lipinski definition) is 2. The van der Waals surface area contributed by atoms with E-state index in [1.54, 1.807) is 0 Å². The predicted octanol–water partition coefficient (Wildman–Crippen LogP) is 3.46. The summed E-state index contributed by atoms with van der Waals surface area (Å²) in [5, 5.41) is 10.7. The van der Waals surface area contributed by atoms with Crippen molar-refractivity contribution in [1.82, 2.24) is 0 Å². The Morgan fingerprint density at radius 2 is 2.00 bits per heavy atom. The summed E-state index contributed by atoms with van der Waals surface area (Å²) in [6.45, 7) is 0.173. The van der Waals surface area contributed by atoms with Gasteiger partial charge in [0.2, 0.25) is 0 Å². The molecule has 0 saturated carbocycles. The smallest absolute Gasteiger partial charge is 0.306 e. The predicted molar refractivity (Wildman–Crippen MR) is 69.4 cm³/mol. The molecule has 2 aromatic carbocycles. The summed E-state index contributed by atoms with van der Waals surface area (Å²) in [6, 6.07) is 11.7. The number of ether oxygens (including phenoxy) is 1. The summed E-state index contributed by atoms with van der Waals surface area (Å²) in [6.07, 6.45) is -0.000727. The highest BCUT2D eigenvalue weighted by atomic mass is 79.9. The van der Waals surface area contributed by atoms with E-state index in [0.717, 1.165) is 15.2 Å². The summed E-state index contributed by atoms with van der Waals surface area (Å²) in [5.74, 6) is -0.188. The molecular weight excluding hydrogens is 284 g/mol. The third-order valence-corrected chi connectivity index (χ3v) is 3.22. The van der Waals surface area contributed by atoms with E-state index in [9.17, 15) is 4.79 Å². The Morgan fingerprint density at radius 1 is 1.24 bits per heavy atom. The molecule has 2 aromatic rings. The lowest BCUT2D eigenvalue weighted by Crippen LogP contribution is -2.05. The van der Waals surface area contributed by atoms with Gasteiger partial charge >= 0.3 is 5.97 Å². The minimum absolute atomic E-state index is 0.000727. The Hall–Kier alpha value is -1.55. The number of carboxylic acids is 1. The monoisotopic (exact) mass is 294 g/mol. The molecule has 1 N–H and O–H groups in total. The topological polar surface area (TPSA) is 46.5 Å². The Labute approximate surface area is 107 Å². The van der Waals surface area contributed by atoms with Crippen molar-refractivity contribution < 1.29 is 14.6 Å². The van der Waals surface area contributed by atoms with E-state index in [4.69, 9.17) is 9.84 Å². The normalized spacial score (nSPS) is 10.4. The molecule has 0 unspecified atom stereocenters. The van der Waals surface area contributed by atoms with Crippen LogP contribution in [-0.2, 0) is 4.79 Å². The Bertz CT molecular complexity index is 551. The van der Waals surface area contributed by atoms with E-state index < -0.39 is 5.97 Å². The fourth-order valence-corrected chi connectivity index (χ4v) is 2.18. The molecule has 0 aliphatic heterocycles. The molecule has 0 aliphatic carbocycles. The van der Waals surface area contributed by atoms with Gasteiger partial charge in [0.25, 0.3) is 0 Å². The highest BCUT2D eigenvalue weighted by Gasteiger charge is 2.06. The minimum Gasteiger partial charge on any atom is -0.492 e. The largest absolute Gasteiger partial charge is 0.492 e. The van der Waals surface area contributed by atoms with Crippen LogP contribution < -0.4 is 4.74 Å². The zero-order chi connectivity index (χ0) is 12.3. The molecule has 88 valence electrons. The van der Waals surface area contributed by atoms with Crippen LogP contribution in [0, 0.1) is 0 Å². The van der Waals surface area contributed by atoms with Crippen molar-refractivity contribution in [2.75, 3.05) is 6.61 Å². The van der Waals surface area contributed by atoms with E-state index in [-0.39, 0.29) is 13.0 Å². The number of carbonyl (C=O) groups is 1. The van der Waals surface area contributed by atoms with Crippen molar-refractivity contribution in [1.29, 1.82) is 0 Å². The van der Waals surface area contributed by atoms with Crippen LogP contribution in [0.3, 0.4) is 0 Å². The van der Waals surface area contributed by atoms with Gasteiger partial charge in [-0.25, -0.2) is 0 Å². The molecule has 2 rings (SSSR count). The van der Waals surface area contributed by atoms with Gasteiger partial charge in [-0.3, -0.25) is 4.79 Å². The van der Waals surface area contributed by atoms with Crippen LogP contribution in [0.15, 0.2) is 40.9 Å². The van der Waals surface area contributed by atoms with Crippen LogP contribution in [0.2, 0.25) is 0 Å². The lowest BCUT2D eigenvalue weighted by molar-refractivity contribution is -0.137. The lowest BCUT2D eigenvalue weighted by Gasteiger charge is -2.09. The Balaban J connectivity index is 2.23. The molecule has 0 saturated heterocycles. The molecule has 0 atom stereocenters. The first kappa shape index (κ1) is 11.9. The molecule has 0 aliphatic rings. The van der Waals surface area contributed by atoms with Crippen molar-refractivity contribution in [2.45, 2.75) is 6.42 Å². The van der Waals surface area contributed by atoms with E-state index in [1.165, 1.54) is 0 Å². The fourth-order valence-electron chi connectivity index (χ4n) is 1.57. The van der Waals surface area contributed by atoms with E-state index in [2.05, 4.69) is 15.9 Å². The first-order valence-electron chi connectivity index (χ1n) is 5.20. The van der Waals surface area contributed by atoms with Crippen LogP contribution >= 0.6 is 15.9 Å². The molecule has 3 nitrogen and oxygen atoms in total. The number of rotatable bonds is 4.